The number of nitrogens with one attached hydrogen (secondary N) is 1. The molecule has 1 atom stereocenters. The second kappa shape index (κ2) is 3.56. The minimum absolute atomic E-state index is 0.228. The number of thiophene rings is 1. The average molecular weight is 232 g/mol. The highest BCUT2D eigenvalue weighted by atomic mass is 32.1. The van der Waals surface area contributed by atoms with E-state index in [-0.39, 0.29) is 5.78 Å². The van der Waals surface area contributed by atoms with Crippen molar-refractivity contribution in [3.05, 3.63) is 39.3 Å². The van der Waals surface area contributed by atoms with Gasteiger partial charge >= 0.3 is 0 Å². The Hall–Kier alpha value is -1.42. The van der Waals surface area contributed by atoms with E-state index >= 15 is 0 Å². The maximum absolute atomic E-state index is 12.0. The molecule has 0 saturated carbocycles. The maximum atomic E-state index is 12.0. The van der Waals surface area contributed by atoms with Gasteiger partial charge in [-0.15, -0.1) is 11.3 Å². The van der Waals surface area contributed by atoms with Crippen molar-refractivity contribution in [1.82, 2.24) is 10.2 Å². The van der Waals surface area contributed by atoms with Gasteiger partial charge in [0, 0.05) is 29.3 Å². The number of aryl methyl sites for hydroxylation is 1. The van der Waals surface area contributed by atoms with Gasteiger partial charge < -0.3 is 0 Å². The predicted octanol–water partition coefficient (Wildman–Crippen LogP) is 2.69. The molecule has 3 rings (SSSR count). The summed E-state index contributed by atoms with van der Waals surface area (Å²) in [4.78, 5) is 13.3. The second-order valence-electron chi connectivity index (χ2n) is 4.21. The average Bonchev–Trinajstić information content (AvgIpc) is 2.87. The first-order valence-electron chi connectivity index (χ1n) is 5.36. The van der Waals surface area contributed by atoms with Crippen molar-refractivity contribution in [2.45, 2.75) is 25.7 Å². The van der Waals surface area contributed by atoms with Gasteiger partial charge in [0.1, 0.15) is 0 Å². The molecule has 0 aliphatic heterocycles. The molecule has 0 spiro atoms. The van der Waals surface area contributed by atoms with E-state index in [1.165, 1.54) is 4.88 Å². The molecule has 2 aromatic heterocycles. The molecule has 0 radical (unpaired) electrons. The molecule has 3 nitrogen and oxygen atoms in total. The van der Waals surface area contributed by atoms with E-state index in [9.17, 15) is 4.79 Å². The van der Waals surface area contributed by atoms with Crippen LogP contribution in [0.5, 0.6) is 0 Å². The monoisotopic (exact) mass is 232 g/mol. The Morgan fingerprint density at radius 3 is 3.12 bits per heavy atom. The summed E-state index contributed by atoms with van der Waals surface area (Å²) < 4.78 is 0. The Labute approximate surface area is 97.5 Å². The molecule has 4 heteroatoms. The van der Waals surface area contributed by atoms with Crippen molar-refractivity contribution in [2.24, 2.45) is 0 Å². The first kappa shape index (κ1) is 9.78. The maximum Gasteiger partial charge on any atom is 0.167 e. The van der Waals surface area contributed by atoms with Gasteiger partial charge in [0.2, 0.25) is 0 Å². The summed E-state index contributed by atoms with van der Waals surface area (Å²) in [6.45, 7) is 1.91. The van der Waals surface area contributed by atoms with E-state index in [4.69, 9.17) is 0 Å². The summed E-state index contributed by atoms with van der Waals surface area (Å²) in [5.74, 6) is 0.550. The van der Waals surface area contributed by atoms with Crippen LogP contribution in [-0.2, 0) is 6.42 Å². The summed E-state index contributed by atoms with van der Waals surface area (Å²) in [7, 11) is 0. The number of rotatable bonds is 1. The fourth-order valence-corrected chi connectivity index (χ4v) is 3.18. The molecule has 1 aliphatic carbocycles. The number of ketones is 1. The number of nitrogens with zero attached hydrogens (tertiary/aromatic N) is 1. The van der Waals surface area contributed by atoms with Gasteiger partial charge in [-0.1, -0.05) is 6.07 Å². The van der Waals surface area contributed by atoms with E-state index in [0.717, 1.165) is 23.4 Å². The van der Waals surface area contributed by atoms with E-state index in [1.54, 1.807) is 11.3 Å². The van der Waals surface area contributed by atoms with Crippen LogP contribution in [0.4, 0.5) is 0 Å². The van der Waals surface area contributed by atoms with Gasteiger partial charge in [-0.2, -0.15) is 5.10 Å². The zero-order chi connectivity index (χ0) is 11.1. The number of aromatic nitrogens is 2. The summed E-state index contributed by atoms with van der Waals surface area (Å²) in [5, 5.41) is 9.19. The van der Waals surface area contributed by atoms with Crippen LogP contribution in [0, 0.1) is 6.92 Å². The summed E-state index contributed by atoms with van der Waals surface area (Å²) >= 11 is 1.72. The quantitative estimate of drug-likeness (QED) is 0.821. The molecule has 2 aromatic rings. The Morgan fingerprint density at radius 1 is 1.50 bits per heavy atom. The summed E-state index contributed by atoms with van der Waals surface area (Å²) in [6, 6.07) is 4.14. The molecule has 0 saturated heterocycles. The number of carbonyl (C=O) groups is 1. The number of Topliss-reactive ketones (excluding diaryl/α,β-unsaturated/α-hetero) is 1. The SMILES string of the molecule is Cc1[nH]nc2c1C(=O)C[C@@H](c1cccs1)C2. The molecular formula is C12H12N2OS. The third kappa shape index (κ3) is 1.41. The van der Waals surface area contributed by atoms with Crippen LogP contribution in [0.25, 0.3) is 0 Å². The van der Waals surface area contributed by atoms with Crippen LogP contribution >= 0.6 is 11.3 Å². The number of carbonyl (C=O) groups excluding carboxylic acids is 1. The molecular weight excluding hydrogens is 220 g/mol. The van der Waals surface area contributed by atoms with Crippen molar-refractivity contribution in [3.63, 3.8) is 0 Å². The first-order chi connectivity index (χ1) is 7.75. The zero-order valence-corrected chi connectivity index (χ0v) is 9.80. The highest BCUT2D eigenvalue weighted by Crippen LogP contribution is 2.34. The van der Waals surface area contributed by atoms with E-state index in [2.05, 4.69) is 21.6 Å². The minimum Gasteiger partial charge on any atom is -0.294 e. The highest BCUT2D eigenvalue weighted by molar-refractivity contribution is 7.10. The third-order valence-corrected chi connectivity index (χ3v) is 4.15. The highest BCUT2D eigenvalue weighted by Gasteiger charge is 2.30. The largest absolute Gasteiger partial charge is 0.294 e. The van der Waals surface area contributed by atoms with Crippen LogP contribution in [0.3, 0.4) is 0 Å². The first-order valence-corrected chi connectivity index (χ1v) is 6.24. The fraction of sp³-hybridized carbons (Fsp3) is 0.333. The molecule has 0 fully saturated rings. The van der Waals surface area contributed by atoms with Gasteiger partial charge in [-0.05, 0) is 18.4 Å². The molecule has 82 valence electrons. The molecule has 2 heterocycles. The number of hydrogen-bond acceptors (Lipinski definition) is 3. The van der Waals surface area contributed by atoms with Gasteiger partial charge in [-0.3, -0.25) is 9.89 Å². The Kier molecular flexibility index (Phi) is 2.17. The summed E-state index contributed by atoms with van der Waals surface area (Å²) in [5.41, 5.74) is 2.67. The zero-order valence-electron chi connectivity index (χ0n) is 8.99. The molecule has 0 unspecified atom stereocenters. The molecule has 16 heavy (non-hydrogen) atoms. The number of fused-ring (bicyclic) bond motifs is 1. The van der Waals surface area contributed by atoms with E-state index in [0.29, 0.717) is 12.3 Å². The molecule has 1 N–H and O–H groups in total. The van der Waals surface area contributed by atoms with Crippen molar-refractivity contribution in [1.29, 1.82) is 0 Å². The van der Waals surface area contributed by atoms with Gasteiger partial charge in [0.25, 0.3) is 0 Å². The number of H-pyrrole nitrogens is 1. The molecule has 0 bridgehead atoms. The normalized spacial score (nSPS) is 19.8. The van der Waals surface area contributed by atoms with Gasteiger partial charge in [0.05, 0.1) is 11.3 Å². The lowest BCUT2D eigenvalue weighted by atomic mass is 9.85. The summed E-state index contributed by atoms with van der Waals surface area (Å²) in [6.07, 6.45) is 1.50. The van der Waals surface area contributed by atoms with Crippen molar-refractivity contribution < 1.29 is 4.79 Å². The lowest BCUT2D eigenvalue weighted by Gasteiger charge is -2.19. The predicted molar refractivity (Wildman–Crippen MR) is 63.0 cm³/mol. The van der Waals surface area contributed by atoms with Crippen LogP contribution in [0.15, 0.2) is 17.5 Å². The molecule has 0 amide bonds. The van der Waals surface area contributed by atoms with Crippen LogP contribution in [0.2, 0.25) is 0 Å². The number of hydrogen-bond donors (Lipinski definition) is 1. The van der Waals surface area contributed by atoms with Crippen molar-refractivity contribution >= 4 is 17.1 Å². The van der Waals surface area contributed by atoms with E-state index in [1.807, 2.05) is 13.0 Å². The van der Waals surface area contributed by atoms with Gasteiger partial charge in [-0.25, -0.2) is 0 Å². The lowest BCUT2D eigenvalue weighted by Crippen LogP contribution is -2.17. The second-order valence-corrected chi connectivity index (χ2v) is 5.19. The van der Waals surface area contributed by atoms with E-state index < -0.39 is 0 Å². The molecule has 1 aliphatic rings. The smallest absolute Gasteiger partial charge is 0.167 e. The van der Waals surface area contributed by atoms with Crippen LogP contribution in [-0.4, -0.2) is 16.0 Å². The Morgan fingerprint density at radius 2 is 2.38 bits per heavy atom. The van der Waals surface area contributed by atoms with Gasteiger partial charge in [0.15, 0.2) is 5.78 Å². The topological polar surface area (TPSA) is 45.8 Å². The standard InChI is InChI=1S/C12H12N2OS/c1-7-12-9(14-13-7)5-8(6-10(12)15)11-3-2-4-16-11/h2-4,8H,5-6H2,1H3,(H,13,14)/t8-/m0/s1. The molecule has 0 aromatic carbocycles. The van der Waals surface area contributed by atoms with Crippen molar-refractivity contribution in [3.8, 4) is 0 Å². The van der Waals surface area contributed by atoms with Crippen LogP contribution < -0.4 is 0 Å². The Bertz CT molecular complexity index is 527. The fourth-order valence-electron chi connectivity index (χ4n) is 2.35. The minimum atomic E-state index is 0.228. The van der Waals surface area contributed by atoms with Crippen molar-refractivity contribution in [2.75, 3.05) is 0 Å². The third-order valence-electron chi connectivity index (χ3n) is 3.12. The number of aromatic amines is 1. The van der Waals surface area contributed by atoms with Crippen LogP contribution in [0.1, 0.15) is 39.0 Å². The lowest BCUT2D eigenvalue weighted by molar-refractivity contribution is 0.0964. The Balaban J connectivity index is 1.99.